The van der Waals surface area contributed by atoms with Crippen LogP contribution in [0.5, 0.6) is 5.75 Å². The average Bonchev–Trinajstić information content (AvgIpc) is 3.48. The Balaban J connectivity index is 1.75. The maximum atomic E-state index is 12.9. The van der Waals surface area contributed by atoms with Crippen molar-refractivity contribution in [1.29, 1.82) is 0 Å². The van der Waals surface area contributed by atoms with Gasteiger partial charge in [0.25, 0.3) is 0 Å². The van der Waals surface area contributed by atoms with Crippen molar-refractivity contribution in [3.8, 4) is 5.75 Å². The van der Waals surface area contributed by atoms with Crippen LogP contribution in [0.2, 0.25) is 0 Å². The zero-order valence-electron chi connectivity index (χ0n) is 15.2. The highest BCUT2D eigenvalue weighted by Crippen LogP contribution is 2.55. The summed E-state index contributed by atoms with van der Waals surface area (Å²) in [7, 11) is 1.64. The van der Waals surface area contributed by atoms with E-state index in [0.717, 1.165) is 17.9 Å². The van der Waals surface area contributed by atoms with E-state index in [-0.39, 0.29) is 16.9 Å². The lowest BCUT2D eigenvalue weighted by Crippen LogP contribution is -2.12. The van der Waals surface area contributed by atoms with Gasteiger partial charge in [-0.15, -0.1) is 0 Å². The van der Waals surface area contributed by atoms with Crippen LogP contribution in [0.1, 0.15) is 52.4 Å². The first-order valence-corrected chi connectivity index (χ1v) is 9.00. The van der Waals surface area contributed by atoms with Crippen molar-refractivity contribution in [2.45, 2.75) is 31.6 Å². The predicted molar refractivity (Wildman–Crippen MR) is 102 cm³/mol. The van der Waals surface area contributed by atoms with Crippen LogP contribution in [-0.4, -0.2) is 18.2 Å². The minimum atomic E-state index is -1.06. The molecule has 2 atom stereocenters. The molecule has 3 aromatic rings. The average molecular weight is 364 g/mol. The Kier molecular flexibility index (Phi) is 4.22. The van der Waals surface area contributed by atoms with E-state index < -0.39 is 5.97 Å². The molecule has 0 amide bonds. The summed E-state index contributed by atoms with van der Waals surface area (Å²) in [6.07, 6.45) is 1.48. The quantitative estimate of drug-likeness (QED) is 0.729. The fourth-order valence-corrected chi connectivity index (χ4v) is 3.72. The van der Waals surface area contributed by atoms with Gasteiger partial charge in [0.1, 0.15) is 17.1 Å². The second kappa shape index (κ2) is 6.58. The van der Waals surface area contributed by atoms with Crippen LogP contribution in [0.4, 0.5) is 0 Å². The summed E-state index contributed by atoms with van der Waals surface area (Å²) in [6, 6.07) is 12.4. The molecule has 1 aliphatic rings. The van der Waals surface area contributed by atoms with Crippen LogP contribution in [0.25, 0.3) is 11.0 Å². The number of aromatic carboxylic acids is 1. The van der Waals surface area contributed by atoms with Gasteiger partial charge in [-0.1, -0.05) is 19.1 Å². The summed E-state index contributed by atoms with van der Waals surface area (Å²) in [5.74, 6) is 0.987. The number of methoxy groups -OCH3 is 1. The molecular formula is C22H20O5. The van der Waals surface area contributed by atoms with E-state index in [1.165, 1.54) is 17.7 Å². The number of carboxylic acid groups (broad SMARTS) is 1. The van der Waals surface area contributed by atoms with Crippen molar-refractivity contribution in [1.82, 2.24) is 0 Å². The molecule has 0 bridgehead atoms. The molecule has 2 aromatic carbocycles. The molecule has 1 fully saturated rings. The van der Waals surface area contributed by atoms with Gasteiger partial charge < -0.3 is 14.3 Å². The molecule has 1 aromatic heterocycles. The molecule has 138 valence electrons. The molecule has 1 aliphatic carbocycles. The SMILES string of the molecule is CCc1c(C2CC2c2ccc(OC)cc2)oc2ccc(C(=O)O)cc2c1=O. The second-order valence-electron chi connectivity index (χ2n) is 6.87. The van der Waals surface area contributed by atoms with E-state index in [1.807, 2.05) is 31.2 Å². The molecule has 0 radical (unpaired) electrons. The number of hydrogen-bond acceptors (Lipinski definition) is 4. The van der Waals surface area contributed by atoms with Gasteiger partial charge in [-0.3, -0.25) is 4.79 Å². The number of ether oxygens (including phenoxy) is 1. The monoisotopic (exact) mass is 364 g/mol. The Morgan fingerprint density at radius 1 is 1.19 bits per heavy atom. The molecule has 2 unspecified atom stereocenters. The lowest BCUT2D eigenvalue weighted by molar-refractivity contribution is 0.0697. The van der Waals surface area contributed by atoms with Gasteiger partial charge in [-0.05, 0) is 54.7 Å². The Morgan fingerprint density at radius 2 is 1.93 bits per heavy atom. The zero-order chi connectivity index (χ0) is 19.1. The van der Waals surface area contributed by atoms with Crippen LogP contribution < -0.4 is 10.2 Å². The number of carbonyl (C=O) groups is 1. The van der Waals surface area contributed by atoms with Crippen molar-refractivity contribution >= 4 is 16.9 Å². The summed E-state index contributed by atoms with van der Waals surface area (Å²) in [6.45, 7) is 1.92. The molecule has 27 heavy (non-hydrogen) atoms. The number of fused-ring (bicyclic) bond motifs is 1. The smallest absolute Gasteiger partial charge is 0.335 e. The van der Waals surface area contributed by atoms with E-state index in [1.54, 1.807) is 13.2 Å². The summed E-state index contributed by atoms with van der Waals surface area (Å²) in [4.78, 5) is 24.1. The van der Waals surface area contributed by atoms with E-state index in [9.17, 15) is 14.7 Å². The second-order valence-corrected chi connectivity index (χ2v) is 6.87. The standard InChI is InChI=1S/C22H20O5/c1-3-15-20(23)18-10-13(22(24)25)6-9-19(18)27-21(15)17-11-16(17)12-4-7-14(26-2)8-5-12/h4-10,16-17H,3,11H2,1-2H3,(H,24,25). The first-order chi connectivity index (χ1) is 13.0. The largest absolute Gasteiger partial charge is 0.497 e. The summed E-state index contributed by atoms with van der Waals surface area (Å²) in [5.41, 5.74) is 2.25. The highest BCUT2D eigenvalue weighted by atomic mass is 16.5. The molecule has 4 rings (SSSR count). The molecule has 1 saturated carbocycles. The van der Waals surface area contributed by atoms with Crippen molar-refractivity contribution in [2.24, 2.45) is 0 Å². The van der Waals surface area contributed by atoms with E-state index in [2.05, 4.69) is 0 Å². The molecular weight excluding hydrogens is 344 g/mol. The predicted octanol–water partition coefficient (Wildman–Crippen LogP) is 4.33. The van der Waals surface area contributed by atoms with E-state index >= 15 is 0 Å². The van der Waals surface area contributed by atoms with Gasteiger partial charge in [0.15, 0.2) is 5.43 Å². The minimum absolute atomic E-state index is 0.0899. The van der Waals surface area contributed by atoms with Gasteiger partial charge in [0.2, 0.25) is 0 Å². The lowest BCUT2D eigenvalue weighted by Gasteiger charge is -2.09. The first-order valence-electron chi connectivity index (χ1n) is 9.00. The summed E-state index contributed by atoms with van der Waals surface area (Å²) >= 11 is 0. The minimum Gasteiger partial charge on any atom is -0.497 e. The van der Waals surface area contributed by atoms with Crippen LogP contribution >= 0.6 is 0 Å². The lowest BCUT2D eigenvalue weighted by atomic mass is 10.0. The number of benzene rings is 2. The van der Waals surface area contributed by atoms with Crippen LogP contribution in [0.3, 0.4) is 0 Å². The maximum Gasteiger partial charge on any atom is 0.335 e. The third-order valence-electron chi connectivity index (χ3n) is 5.29. The molecule has 5 nitrogen and oxygen atoms in total. The third kappa shape index (κ3) is 2.99. The van der Waals surface area contributed by atoms with Gasteiger partial charge in [-0.2, -0.15) is 0 Å². The fourth-order valence-electron chi connectivity index (χ4n) is 3.72. The van der Waals surface area contributed by atoms with Gasteiger partial charge in [0, 0.05) is 11.5 Å². The first kappa shape index (κ1) is 17.3. The summed E-state index contributed by atoms with van der Waals surface area (Å²) in [5, 5.41) is 9.50. The Hall–Kier alpha value is -3.08. The van der Waals surface area contributed by atoms with E-state index in [4.69, 9.17) is 9.15 Å². The highest BCUT2D eigenvalue weighted by Gasteiger charge is 2.43. The Bertz CT molecular complexity index is 1080. The topological polar surface area (TPSA) is 76.7 Å². The zero-order valence-corrected chi connectivity index (χ0v) is 15.2. The fraction of sp³-hybridized carbons (Fsp3) is 0.273. The molecule has 1 heterocycles. The molecule has 0 saturated heterocycles. The maximum absolute atomic E-state index is 12.9. The number of carboxylic acids is 1. The van der Waals surface area contributed by atoms with Crippen molar-refractivity contribution < 1.29 is 19.1 Å². The van der Waals surface area contributed by atoms with Gasteiger partial charge >= 0.3 is 5.97 Å². The van der Waals surface area contributed by atoms with Crippen molar-refractivity contribution in [3.63, 3.8) is 0 Å². The Labute approximate surface area is 156 Å². The van der Waals surface area contributed by atoms with Gasteiger partial charge in [-0.25, -0.2) is 4.79 Å². The highest BCUT2D eigenvalue weighted by molar-refractivity contribution is 5.92. The molecule has 1 N–H and O–H groups in total. The molecule has 5 heteroatoms. The Morgan fingerprint density at radius 3 is 2.56 bits per heavy atom. The van der Waals surface area contributed by atoms with Crippen LogP contribution in [-0.2, 0) is 6.42 Å². The van der Waals surface area contributed by atoms with Crippen molar-refractivity contribution in [2.75, 3.05) is 7.11 Å². The molecule has 0 aliphatic heterocycles. The summed E-state index contributed by atoms with van der Waals surface area (Å²) < 4.78 is 11.3. The van der Waals surface area contributed by atoms with Crippen LogP contribution in [0.15, 0.2) is 51.7 Å². The molecule has 0 spiro atoms. The van der Waals surface area contributed by atoms with Crippen molar-refractivity contribution in [3.05, 3.63) is 75.1 Å². The van der Waals surface area contributed by atoms with Crippen LogP contribution in [0, 0.1) is 0 Å². The number of rotatable bonds is 5. The van der Waals surface area contributed by atoms with E-state index in [0.29, 0.717) is 28.9 Å². The van der Waals surface area contributed by atoms with Gasteiger partial charge in [0.05, 0.1) is 18.1 Å². The number of hydrogen-bond donors (Lipinski definition) is 1. The third-order valence-corrected chi connectivity index (χ3v) is 5.29. The normalized spacial score (nSPS) is 18.4.